The number of nitrogens with two attached hydrogens (primary N) is 1. The highest BCUT2D eigenvalue weighted by Gasteiger charge is 2.11. The minimum Gasteiger partial charge on any atom is -0.411 e. The molecule has 3 N–H and O–H groups in total. The number of rotatable bonds is 5. The van der Waals surface area contributed by atoms with Crippen LogP contribution in [0.1, 0.15) is 17.5 Å². The standard InChI is InChI=1S/C14H16N4O3S/c1-8-5-9(2)7-10(6-8)12-17-18-14(21-12)22-4-3-11(19)16-13(15)20/h5-7H,3-4H2,1-2H3,(H3,15,16,19,20). The third-order valence-electron chi connectivity index (χ3n) is 2.69. The molecule has 0 radical (unpaired) electrons. The van der Waals surface area contributed by atoms with Gasteiger partial charge in [-0.1, -0.05) is 29.0 Å². The summed E-state index contributed by atoms with van der Waals surface area (Å²) in [6.07, 6.45) is 0.134. The van der Waals surface area contributed by atoms with Crippen molar-refractivity contribution in [3.8, 4) is 11.5 Å². The lowest BCUT2D eigenvalue weighted by Crippen LogP contribution is -2.35. The van der Waals surface area contributed by atoms with E-state index in [-0.39, 0.29) is 6.42 Å². The molecule has 0 bridgehead atoms. The van der Waals surface area contributed by atoms with Crippen LogP contribution >= 0.6 is 11.8 Å². The fourth-order valence-electron chi connectivity index (χ4n) is 1.91. The van der Waals surface area contributed by atoms with Crippen LogP contribution in [0.5, 0.6) is 0 Å². The molecule has 0 saturated heterocycles. The summed E-state index contributed by atoms with van der Waals surface area (Å²) in [5.41, 5.74) is 7.95. The maximum atomic E-state index is 11.3. The van der Waals surface area contributed by atoms with Crippen molar-refractivity contribution in [1.29, 1.82) is 0 Å². The molecule has 1 aromatic heterocycles. The quantitative estimate of drug-likeness (QED) is 0.815. The molecular formula is C14H16N4O3S. The molecule has 2 aromatic rings. The van der Waals surface area contributed by atoms with Crippen LogP contribution in [0.2, 0.25) is 0 Å². The van der Waals surface area contributed by atoms with E-state index in [9.17, 15) is 9.59 Å². The third kappa shape index (κ3) is 4.59. The van der Waals surface area contributed by atoms with Crippen LogP contribution in [0.4, 0.5) is 4.79 Å². The number of amides is 3. The Hall–Kier alpha value is -2.35. The van der Waals surface area contributed by atoms with E-state index in [1.807, 2.05) is 31.3 Å². The van der Waals surface area contributed by atoms with Crippen LogP contribution in [-0.2, 0) is 4.79 Å². The Kier molecular flexibility index (Phi) is 5.16. The van der Waals surface area contributed by atoms with Gasteiger partial charge in [-0.3, -0.25) is 10.1 Å². The van der Waals surface area contributed by atoms with Gasteiger partial charge in [-0.15, -0.1) is 10.2 Å². The first-order valence-electron chi connectivity index (χ1n) is 6.58. The molecule has 1 heterocycles. The SMILES string of the molecule is Cc1cc(C)cc(-c2nnc(SCCC(=O)NC(N)=O)o2)c1. The predicted octanol–water partition coefficient (Wildman–Crippen LogP) is 2.03. The highest BCUT2D eigenvalue weighted by Crippen LogP contribution is 2.25. The molecule has 0 atom stereocenters. The van der Waals surface area contributed by atoms with Gasteiger partial charge in [0, 0.05) is 17.7 Å². The number of primary amides is 1. The Morgan fingerprint density at radius 1 is 1.23 bits per heavy atom. The summed E-state index contributed by atoms with van der Waals surface area (Å²) in [6.45, 7) is 4.00. The average molecular weight is 320 g/mol. The Morgan fingerprint density at radius 2 is 1.91 bits per heavy atom. The normalized spacial score (nSPS) is 10.5. The molecule has 8 heteroatoms. The van der Waals surface area contributed by atoms with E-state index in [0.29, 0.717) is 16.9 Å². The van der Waals surface area contributed by atoms with Gasteiger partial charge in [0.1, 0.15) is 0 Å². The number of aromatic nitrogens is 2. The number of benzene rings is 1. The number of aryl methyl sites for hydroxylation is 2. The monoisotopic (exact) mass is 320 g/mol. The lowest BCUT2D eigenvalue weighted by molar-refractivity contribution is -0.119. The maximum Gasteiger partial charge on any atom is 0.318 e. The van der Waals surface area contributed by atoms with Crippen LogP contribution < -0.4 is 11.1 Å². The van der Waals surface area contributed by atoms with Crippen molar-refractivity contribution < 1.29 is 14.0 Å². The van der Waals surface area contributed by atoms with Crippen LogP contribution in [0, 0.1) is 13.8 Å². The van der Waals surface area contributed by atoms with Crippen molar-refractivity contribution in [2.75, 3.05) is 5.75 Å². The molecule has 116 valence electrons. The number of urea groups is 1. The number of nitrogens with zero attached hydrogens (tertiary/aromatic N) is 2. The Bertz CT molecular complexity index is 679. The highest BCUT2D eigenvalue weighted by molar-refractivity contribution is 7.99. The lowest BCUT2D eigenvalue weighted by Gasteiger charge is -2.00. The van der Waals surface area contributed by atoms with Gasteiger partial charge in [-0.05, 0) is 26.0 Å². The van der Waals surface area contributed by atoms with Gasteiger partial charge in [0.15, 0.2) is 0 Å². The van der Waals surface area contributed by atoms with Crippen molar-refractivity contribution in [2.24, 2.45) is 5.73 Å². The van der Waals surface area contributed by atoms with E-state index in [1.165, 1.54) is 11.8 Å². The molecular weight excluding hydrogens is 304 g/mol. The summed E-state index contributed by atoms with van der Waals surface area (Å²) >= 11 is 1.25. The van der Waals surface area contributed by atoms with Crippen molar-refractivity contribution >= 4 is 23.7 Å². The molecule has 2 rings (SSSR count). The van der Waals surface area contributed by atoms with E-state index < -0.39 is 11.9 Å². The molecule has 22 heavy (non-hydrogen) atoms. The van der Waals surface area contributed by atoms with Crippen molar-refractivity contribution in [2.45, 2.75) is 25.5 Å². The topological polar surface area (TPSA) is 111 Å². The number of imide groups is 1. The van der Waals surface area contributed by atoms with Gasteiger partial charge < -0.3 is 10.2 Å². The molecule has 0 unspecified atom stereocenters. The zero-order chi connectivity index (χ0) is 16.1. The zero-order valence-electron chi connectivity index (χ0n) is 12.3. The second-order valence-electron chi connectivity index (χ2n) is 4.76. The first-order chi connectivity index (χ1) is 10.4. The molecule has 0 aliphatic carbocycles. The maximum absolute atomic E-state index is 11.3. The second-order valence-corrected chi connectivity index (χ2v) is 5.81. The van der Waals surface area contributed by atoms with E-state index in [0.717, 1.165) is 16.7 Å². The van der Waals surface area contributed by atoms with Crippen molar-refractivity contribution in [3.63, 3.8) is 0 Å². The molecule has 0 aliphatic rings. The molecule has 0 aliphatic heterocycles. The van der Waals surface area contributed by atoms with Crippen LogP contribution in [0.25, 0.3) is 11.5 Å². The van der Waals surface area contributed by atoms with Gasteiger partial charge >= 0.3 is 6.03 Å². The van der Waals surface area contributed by atoms with Crippen LogP contribution in [-0.4, -0.2) is 27.9 Å². The van der Waals surface area contributed by atoms with Gasteiger partial charge in [0.2, 0.25) is 11.8 Å². The van der Waals surface area contributed by atoms with Gasteiger partial charge in [-0.25, -0.2) is 4.79 Å². The number of carbonyl (C=O) groups excluding carboxylic acids is 2. The number of hydrogen-bond acceptors (Lipinski definition) is 6. The molecule has 7 nitrogen and oxygen atoms in total. The second kappa shape index (κ2) is 7.08. The number of nitrogens with one attached hydrogen (secondary N) is 1. The first kappa shape index (κ1) is 16.0. The summed E-state index contributed by atoms with van der Waals surface area (Å²) < 4.78 is 5.56. The highest BCUT2D eigenvalue weighted by atomic mass is 32.2. The minimum atomic E-state index is -0.857. The number of carbonyl (C=O) groups is 2. The Labute approximate surface area is 131 Å². The Morgan fingerprint density at radius 3 is 2.55 bits per heavy atom. The third-order valence-corrected chi connectivity index (χ3v) is 3.51. The van der Waals surface area contributed by atoms with Gasteiger partial charge in [-0.2, -0.15) is 0 Å². The summed E-state index contributed by atoms with van der Waals surface area (Å²) in [6, 6.07) is 5.14. The van der Waals surface area contributed by atoms with E-state index in [2.05, 4.69) is 16.3 Å². The molecule has 3 amide bonds. The van der Waals surface area contributed by atoms with E-state index >= 15 is 0 Å². The first-order valence-corrected chi connectivity index (χ1v) is 7.57. The van der Waals surface area contributed by atoms with Crippen LogP contribution in [0.3, 0.4) is 0 Å². The van der Waals surface area contributed by atoms with Gasteiger partial charge in [0.25, 0.3) is 5.22 Å². The van der Waals surface area contributed by atoms with Gasteiger partial charge in [0.05, 0.1) is 0 Å². The number of hydrogen-bond donors (Lipinski definition) is 2. The minimum absolute atomic E-state index is 0.134. The van der Waals surface area contributed by atoms with Crippen LogP contribution in [0.15, 0.2) is 27.8 Å². The molecule has 1 aromatic carbocycles. The summed E-state index contributed by atoms with van der Waals surface area (Å²) in [5, 5.41) is 10.3. The fraction of sp³-hybridized carbons (Fsp3) is 0.286. The van der Waals surface area contributed by atoms with E-state index in [1.54, 1.807) is 0 Å². The zero-order valence-corrected chi connectivity index (χ0v) is 13.1. The summed E-state index contributed by atoms with van der Waals surface area (Å²) in [7, 11) is 0. The summed E-state index contributed by atoms with van der Waals surface area (Å²) in [5.74, 6) is 0.415. The predicted molar refractivity (Wildman–Crippen MR) is 82.3 cm³/mol. The number of thioether (sulfide) groups is 1. The Balaban J connectivity index is 1.94. The van der Waals surface area contributed by atoms with Crippen molar-refractivity contribution in [1.82, 2.24) is 15.5 Å². The smallest absolute Gasteiger partial charge is 0.318 e. The van der Waals surface area contributed by atoms with Crippen molar-refractivity contribution in [3.05, 3.63) is 29.3 Å². The van der Waals surface area contributed by atoms with E-state index in [4.69, 9.17) is 10.2 Å². The lowest BCUT2D eigenvalue weighted by atomic mass is 10.1. The summed E-state index contributed by atoms with van der Waals surface area (Å²) in [4.78, 5) is 21.8. The fourth-order valence-corrected chi connectivity index (χ4v) is 2.61. The molecule has 0 spiro atoms. The largest absolute Gasteiger partial charge is 0.411 e. The molecule has 0 fully saturated rings. The average Bonchev–Trinajstić information content (AvgIpc) is 2.85. The molecule has 0 saturated carbocycles.